The van der Waals surface area contributed by atoms with Crippen molar-refractivity contribution < 1.29 is 4.79 Å². The number of hydrogen-bond donors (Lipinski definition) is 2. The van der Waals surface area contributed by atoms with Crippen LogP contribution in [0, 0.1) is 0 Å². The number of nitrogens with one attached hydrogen (secondary N) is 1. The molecule has 2 nitrogen and oxygen atoms in total. The predicted octanol–water partition coefficient (Wildman–Crippen LogP) is 1.32. The molecule has 1 aliphatic rings. The summed E-state index contributed by atoms with van der Waals surface area (Å²) in [7, 11) is 0. The van der Waals surface area contributed by atoms with Gasteiger partial charge in [0.2, 0.25) is 5.91 Å². The lowest BCUT2D eigenvalue weighted by Crippen LogP contribution is -2.33. The van der Waals surface area contributed by atoms with Gasteiger partial charge in [-0.15, -0.1) is 0 Å². The number of carbonyl (C=O) groups excluding carboxylic acids is 1. The normalized spacial score (nSPS) is 28.8. The lowest BCUT2D eigenvalue weighted by Gasteiger charge is -2.11. The number of amides is 1. The summed E-state index contributed by atoms with van der Waals surface area (Å²) in [5.41, 5.74) is 0. The zero-order valence-corrected chi connectivity index (χ0v) is 8.96. The molecule has 1 fully saturated rings. The third kappa shape index (κ3) is 2.90. The fourth-order valence-corrected chi connectivity index (χ4v) is 2.45. The molecule has 0 radical (unpaired) electrons. The van der Waals surface area contributed by atoms with Gasteiger partial charge in [0.25, 0.3) is 0 Å². The van der Waals surface area contributed by atoms with Gasteiger partial charge in [0.15, 0.2) is 0 Å². The van der Waals surface area contributed by atoms with Crippen LogP contribution in [0.1, 0.15) is 19.3 Å². The van der Waals surface area contributed by atoms with Gasteiger partial charge in [-0.2, -0.15) is 24.4 Å². The van der Waals surface area contributed by atoms with E-state index in [1.807, 2.05) is 11.8 Å². The van der Waals surface area contributed by atoms with E-state index in [0.717, 1.165) is 18.1 Å². The largest absolute Gasteiger partial charge is 0.353 e. The molecule has 0 aromatic carbocycles. The van der Waals surface area contributed by atoms with Crippen molar-refractivity contribution in [2.75, 3.05) is 12.0 Å². The zero-order chi connectivity index (χ0) is 8.97. The van der Waals surface area contributed by atoms with Crippen molar-refractivity contribution in [2.24, 2.45) is 0 Å². The first-order valence-electron chi connectivity index (χ1n) is 4.19. The fraction of sp³-hybridized carbons (Fsp3) is 0.875. The van der Waals surface area contributed by atoms with Crippen molar-refractivity contribution in [3.8, 4) is 0 Å². The summed E-state index contributed by atoms with van der Waals surface area (Å²) in [5.74, 6) is 0.366. The van der Waals surface area contributed by atoms with Crippen LogP contribution < -0.4 is 5.32 Å². The highest BCUT2D eigenvalue weighted by Crippen LogP contribution is 2.27. The van der Waals surface area contributed by atoms with Gasteiger partial charge >= 0.3 is 0 Å². The van der Waals surface area contributed by atoms with Gasteiger partial charge in [-0.25, -0.2) is 0 Å². The van der Waals surface area contributed by atoms with Gasteiger partial charge in [-0.1, -0.05) is 0 Å². The summed E-state index contributed by atoms with van der Waals surface area (Å²) in [6.07, 6.45) is 5.62. The van der Waals surface area contributed by atoms with Gasteiger partial charge < -0.3 is 5.32 Å². The molecule has 0 aromatic heterocycles. The van der Waals surface area contributed by atoms with E-state index in [9.17, 15) is 4.79 Å². The van der Waals surface area contributed by atoms with Crippen LogP contribution in [0.4, 0.5) is 0 Å². The molecule has 1 saturated carbocycles. The highest BCUT2D eigenvalue weighted by molar-refractivity contribution is 7.99. The molecule has 2 unspecified atom stereocenters. The molecule has 0 bridgehead atoms. The number of rotatable bonds is 3. The minimum Gasteiger partial charge on any atom is -0.353 e. The van der Waals surface area contributed by atoms with E-state index < -0.39 is 0 Å². The monoisotopic (exact) mass is 205 g/mol. The number of carbonyl (C=O) groups is 1. The molecule has 70 valence electrons. The van der Waals surface area contributed by atoms with Crippen molar-refractivity contribution in [1.29, 1.82) is 0 Å². The molecule has 0 spiro atoms. The predicted molar refractivity (Wildman–Crippen MR) is 56.9 cm³/mol. The van der Waals surface area contributed by atoms with Crippen molar-refractivity contribution in [3.63, 3.8) is 0 Å². The van der Waals surface area contributed by atoms with E-state index >= 15 is 0 Å². The maximum absolute atomic E-state index is 11.0. The Bertz CT molecular complexity index is 163. The van der Waals surface area contributed by atoms with Crippen LogP contribution in [0.2, 0.25) is 0 Å². The summed E-state index contributed by atoms with van der Waals surface area (Å²) in [6, 6.07) is 0.405. The molecular formula is C8H15NOS2. The van der Waals surface area contributed by atoms with E-state index in [0.29, 0.717) is 11.8 Å². The van der Waals surface area contributed by atoms with Gasteiger partial charge in [0.1, 0.15) is 0 Å². The highest BCUT2D eigenvalue weighted by atomic mass is 32.2. The Morgan fingerprint density at radius 2 is 2.42 bits per heavy atom. The van der Waals surface area contributed by atoms with Crippen LogP contribution in [0.3, 0.4) is 0 Å². The Morgan fingerprint density at radius 1 is 1.67 bits per heavy atom. The minimum absolute atomic E-state index is 0.0603. The Balaban J connectivity index is 2.23. The van der Waals surface area contributed by atoms with E-state index in [-0.39, 0.29) is 5.91 Å². The van der Waals surface area contributed by atoms with Gasteiger partial charge in [-0.3, -0.25) is 4.79 Å². The van der Waals surface area contributed by atoms with Gasteiger partial charge in [-0.05, 0) is 25.5 Å². The average molecular weight is 205 g/mol. The lowest BCUT2D eigenvalue weighted by molar-refractivity contribution is -0.119. The van der Waals surface area contributed by atoms with Crippen LogP contribution in [0.15, 0.2) is 0 Å². The van der Waals surface area contributed by atoms with Gasteiger partial charge in [0.05, 0.1) is 5.75 Å². The minimum atomic E-state index is 0.0603. The van der Waals surface area contributed by atoms with E-state index in [1.165, 1.54) is 6.42 Å². The van der Waals surface area contributed by atoms with Crippen molar-refractivity contribution in [2.45, 2.75) is 30.6 Å². The second-order valence-corrected chi connectivity index (χ2v) is 4.55. The number of thiol groups is 1. The molecule has 1 aliphatic carbocycles. The molecule has 4 heteroatoms. The zero-order valence-electron chi connectivity index (χ0n) is 7.25. The van der Waals surface area contributed by atoms with Crippen LogP contribution in [0.25, 0.3) is 0 Å². The average Bonchev–Trinajstić information content (AvgIpc) is 2.52. The van der Waals surface area contributed by atoms with Crippen LogP contribution in [-0.2, 0) is 4.79 Å². The molecular weight excluding hydrogens is 190 g/mol. The highest BCUT2D eigenvalue weighted by Gasteiger charge is 2.24. The Labute approximate surface area is 83.3 Å². The third-order valence-corrected chi connectivity index (χ3v) is 3.61. The quantitative estimate of drug-likeness (QED) is 0.680. The number of hydrogen-bond acceptors (Lipinski definition) is 3. The molecule has 12 heavy (non-hydrogen) atoms. The van der Waals surface area contributed by atoms with Crippen LogP contribution in [0.5, 0.6) is 0 Å². The smallest absolute Gasteiger partial charge is 0.229 e. The molecule has 1 amide bonds. The molecule has 2 atom stereocenters. The van der Waals surface area contributed by atoms with Crippen molar-refractivity contribution in [1.82, 2.24) is 5.32 Å². The fourth-order valence-electron chi connectivity index (χ4n) is 1.56. The van der Waals surface area contributed by atoms with Gasteiger partial charge in [0, 0.05) is 11.3 Å². The Kier molecular flexibility index (Phi) is 4.29. The molecule has 0 aromatic rings. The molecule has 0 saturated heterocycles. The summed E-state index contributed by atoms with van der Waals surface area (Å²) in [6.45, 7) is 0. The maximum atomic E-state index is 11.0. The molecule has 0 heterocycles. The molecule has 0 aliphatic heterocycles. The second-order valence-electron chi connectivity index (χ2n) is 3.09. The summed E-state index contributed by atoms with van der Waals surface area (Å²) >= 11 is 5.82. The van der Waals surface area contributed by atoms with E-state index in [1.54, 1.807) is 0 Å². The summed E-state index contributed by atoms with van der Waals surface area (Å²) in [5, 5.41) is 3.71. The van der Waals surface area contributed by atoms with E-state index in [4.69, 9.17) is 0 Å². The second kappa shape index (κ2) is 5.02. The lowest BCUT2D eigenvalue weighted by atomic mass is 10.2. The first-order valence-corrected chi connectivity index (χ1v) is 6.11. The summed E-state index contributed by atoms with van der Waals surface area (Å²) in [4.78, 5) is 11.0. The Morgan fingerprint density at radius 3 is 2.92 bits per heavy atom. The van der Waals surface area contributed by atoms with Crippen molar-refractivity contribution in [3.05, 3.63) is 0 Å². The summed E-state index contributed by atoms with van der Waals surface area (Å²) < 4.78 is 0. The first kappa shape index (κ1) is 10.3. The Hall–Kier alpha value is 0.170. The first-order chi connectivity index (χ1) is 5.76. The van der Waals surface area contributed by atoms with E-state index in [2.05, 4.69) is 24.2 Å². The number of thioether (sulfide) groups is 1. The molecule has 1 rings (SSSR count). The third-order valence-electron chi connectivity index (χ3n) is 2.23. The topological polar surface area (TPSA) is 29.1 Å². The molecule has 1 N–H and O–H groups in total. The van der Waals surface area contributed by atoms with Crippen molar-refractivity contribution >= 4 is 30.3 Å². The maximum Gasteiger partial charge on any atom is 0.229 e. The SMILES string of the molecule is CSC1CCC(NC(=O)CS)C1. The standard InChI is InChI=1S/C8H15NOS2/c1-12-7-3-2-6(4-7)9-8(10)5-11/h6-7,11H,2-5H2,1H3,(H,9,10). The van der Waals surface area contributed by atoms with Crippen LogP contribution in [-0.4, -0.2) is 29.2 Å². The van der Waals surface area contributed by atoms with Crippen LogP contribution >= 0.6 is 24.4 Å².